The Hall–Kier alpha value is -2.44. The molecule has 2 aromatic rings. The summed E-state index contributed by atoms with van der Waals surface area (Å²) < 4.78 is 60.8. The number of nitrogen functional groups attached to an aromatic ring is 1. The number of aromatic nitrogens is 4. The maximum Gasteiger partial charge on any atom is 0.274 e. The number of rotatable bonds is 31. The summed E-state index contributed by atoms with van der Waals surface area (Å²) in [5.74, 6) is -0.368. The van der Waals surface area contributed by atoms with E-state index in [-0.39, 0.29) is 41.6 Å². The maximum absolute atomic E-state index is 12.6. The number of fused-ring (bicyclic) bond motifs is 1. The Morgan fingerprint density at radius 2 is 1.55 bits per heavy atom. The van der Waals surface area contributed by atoms with Crippen molar-refractivity contribution < 1.29 is 80.5 Å². The highest BCUT2D eigenvalue weighted by Gasteiger charge is 2.47. The summed E-state index contributed by atoms with van der Waals surface area (Å²) in [6.07, 6.45) is 4.69. The molecule has 0 spiro atoms. The molecule has 366 valence electrons. The molecule has 6 N–H and O–H groups in total. The zero-order valence-corrected chi connectivity index (χ0v) is 39.8. The normalized spacial score (nSPS) is 20.5. The summed E-state index contributed by atoms with van der Waals surface area (Å²) in [5.41, 5.74) is 4.09. The van der Waals surface area contributed by atoms with E-state index in [1.807, 2.05) is 0 Å². The number of thioether (sulfide) groups is 1. The molecule has 1 aliphatic heterocycles. The second-order valence-corrected chi connectivity index (χ2v) is 21.5. The van der Waals surface area contributed by atoms with Crippen molar-refractivity contribution in [3.8, 4) is 0 Å². The average molecular weight is 988 g/mol. The van der Waals surface area contributed by atoms with Crippen LogP contribution in [0, 0.1) is 11.3 Å². The Morgan fingerprint density at radius 1 is 0.922 bits per heavy atom. The Labute approximate surface area is 376 Å². The Morgan fingerprint density at radius 3 is 2.19 bits per heavy atom. The number of phosphoric ester groups is 3. The number of ether oxygens (including phenoxy) is 1. The number of carbonyl (C=O) groups is 3. The van der Waals surface area contributed by atoms with Crippen molar-refractivity contribution in [2.45, 2.75) is 135 Å². The number of aliphatic hydroxyl groups excluding tert-OH is 2. The van der Waals surface area contributed by atoms with Crippen LogP contribution in [0.15, 0.2) is 12.7 Å². The molecule has 24 nitrogen and oxygen atoms in total. The predicted octanol–water partition coefficient (Wildman–Crippen LogP) is 1.08. The third kappa shape index (κ3) is 19.8. The van der Waals surface area contributed by atoms with Gasteiger partial charge >= 0.3 is 0 Å². The molecule has 1 aliphatic rings. The molecule has 0 aromatic carbocycles. The number of carbonyl (C=O) groups excluding carboxylic acids is 3. The summed E-state index contributed by atoms with van der Waals surface area (Å²) in [6.45, 7) is 4.67. The number of aliphatic hydroxyl groups is 2. The number of nitrogens with zero attached hydrogens (tertiary/aromatic N) is 4. The lowest BCUT2D eigenvalue weighted by Gasteiger charge is -2.36. The third-order valence-electron chi connectivity index (χ3n) is 9.90. The van der Waals surface area contributed by atoms with E-state index in [0.29, 0.717) is 12.2 Å². The first kappa shape index (κ1) is 55.9. The van der Waals surface area contributed by atoms with Gasteiger partial charge in [-0.15, -0.1) is 0 Å². The second-order valence-electron chi connectivity index (χ2n) is 16.3. The van der Waals surface area contributed by atoms with Crippen molar-refractivity contribution in [3.05, 3.63) is 12.7 Å². The SMILES string of the molecule is CC(C)CCCCCCCCCCCC(=O)SCCNC(=O)CCNC(=O)[C@H](O)C(C)(C)COP(=O)([O-])OP(=O)([O-])OC[C@H]1O[C@@H](n2cnc3c(N)ncnc32)[C@H](O)[C@@H]1OP(=O)([O-])[O-]. The van der Waals surface area contributed by atoms with Crippen LogP contribution >= 0.6 is 35.2 Å². The van der Waals surface area contributed by atoms with Gasteiger partial charge in [0.15, 0.2) is 22.8 Å². The van der Waals surface area contributed by atoms with Gasteiger partial charge < -0.3 is 69.0 Å². The molecule has 0 aliphatic carbocycles. The molecule has 0 bridgehead atoms. The standard InChI is InChI=1S/C36H64N7O17P3S/c1-24(2)14-12-10-8-6-5-7-9-11-13-15-27(45)64-19-18-38-26(44)16-17-39-34(48)31(47)36(3,4)21-57-63(54,55)60-62(52,53)56-20-25-30(59-61(49,50)51)29(46)35(58-25)43-23-42-28-32(37)40-22-41-33(28)43/h22-25,29-31,35,46-47H,5-21H2,1-4H3,(H,38,44)(H,39,48)(H,52,53)(H,54,55)(H2,37,40,41)(H2,49,50,51)/p-4/t25-,29-,30-,31+,35-/m1/s1. The topological polar surface area (TPSA) is 375 Å². The number of imidazole rings is 1. The van der Waals surface area contributed by atoms with Crippen molar-refractivity contribution in [2.24, 2.45) is 11.3 Å². The number of phosphoric acid groups is 3. The zero-order valence-electron chi connectivity index (χ0n) is 36.3. The molecule has 1 fully saturated rings. The summed E-state index contributed by atoms with van der Waals surface area (Å²) in [7, 11) is -17.6. The Bertz CT molecular complexity index is 1960. The van der Waals surface area contributed by atoms with E-state index in [1.54, 1.807) is 0 Å². The van der Waals surface area contributed by atoms with Gasteiger partial charge in [0.2, 0.25) is 11.8 Å². The second kappa shape index (κ2) is 26.2. The molecular weight excluding hydrogens is 927 g/mol. The monoisotopic (exact) mass is 987 g/mol. The van der Waals surface area contributed by atoms with E-state index in [9.17, 15) is 57.9 Å². The molecule has 7 atom stereocenters. The molecule has 2 unspecified atom stereocenters. The van der Waals surface area contributed by atoms with Crippen LogP contribution < -0.4 is 35.9 Å². The predicted molar refractivity (Wildman–Crippen MR) is 224 cm³/mol. The number of hydrogen-bond donors (Lipinski definition) is 5. The first-order valence-electron chi connectivity index (χ1n) is 20.9. The van der Waals surface area contributed by atoms with E-state index < -0.39 is 84.6 Å². The number of amides is 2. The van der Waals surface area contributed by atoms with Gasteiger partial charge in [-0.3, -0.25) is 28.1 Å². The van der Waals surface area contributed by atoms with Gasteiger partial charge in [-0.1, -0.05) is 97.2 Å². The van der Waals surface area contributed by atoms with Gasteiger partial charge in [-0.2, -0.15) is 0 Å². The minimum atomic E-state index is -5.92. The molecule has 0 radical (unpaired) electrons. The van der Waals surface area contributed by atoms with Gasteiger partial charge in [0.1, 0.15) is 36.3 Å². The number of nitrogens with two attached hydrogens (primary N) is 1. The quantitative estimate of drug-likeness (QED) is 0.0521. The highest BCUT2D eigenvalue weighted by atomic mass is 32.2. The minimum absolute atomic E-state index is 0.0185. The van der Waals surface area contributed by atoms with Crippen LogP contribution in [0.3, 0.4) is 0 Å². The van der Waals surface area contributed by atoms with Crippen LogP contribution in [-0.4, -0.2) is 103 Å². The number of nitrogens with one attached hydrogen (secondary N) is 2. The number of unbranched alkanes of at least 4 members (excludes halogenated alkanes) is 8. The fraction of sp³-hybridized carbons (Fsp3) is 0.778. The fourth-order valence-corrected chi connectivity index (χ4v) is 9.86. The molecule has 1 saturated heterocycles. The van der Waals surface area contributed by atoms with Crippen molar-refractivity contribution in [1.82, 2.24) is 30.2 Å². The van der Waals surface area contributed by atoms with Gasteiger partial charge in [-0.05, 0) is 12.3 Å². The Kier molecular flexibility index (Phi) is 22.9. The van der Waals surface area contributed by atoms with Crippen LogP contribution in [0.4, 0.5) is 5.82 Å². The van der Waals surface area contributed by atoms with Crippen molar-refractivity contribution in [3.63, 3.8) is 0 Å². The molecule has 2 amide bonds. The summed E-state index contributed by atoms with van der Waals surface area (Å²) >= 11 is 1.14. The molecule has 0 saturated carbocycles. The minimum Gasteiger partial charge on any atom is -0.790 e. The van der Waals surface area contributed by atoms with E-state index in [2.05, 4.69) is 57.3 Å². The molecule has 2 aromatic heterocycles. The summed E-state index contributed by atoms with van der Waals surface area (Å²) in [5, 5.41) is 26.4. The number of hydrogen-bond acceptors (Lipinski definition) is 22. The maximum atomic E-state index is 12.6. The van der Waals surface area contributed by atoms with Crippen LogP contribution in [0.1, 0.15) is 111 Å². The summed E-state index contributed by atoms with van der Waals surface area (Å²) in [4.78, 5) is 96.7. The van der Waals surface area contributed by atoms with Crippen molar-refractivity contribution in [2.75, 3.05) is 37.8 Å². The molecule has 3 rings (SSSR count). The van der Waals surface area contributed by atoms with Gasteiger partial charge in [0.05, 0.1) is 27.4 Å². The average Bonchev–Trinajstić information content (AvgIpc) is 3.76. The van der Waals surface area contributed by atoms with E-state index in [1.165, 1.54) is 58.8 Å². The number of anilines is 1. The fourth-order valence-electron chi connectivity index (χ4n) is 6.40. The highest BCUT2D eigenvalue weighted by Crippen LogP contribution is 2.56. The Balaban J connectivity index is 1.34. The van der Waals surface area contributed by atoms with Crippen LogP contribution in [0.5, 0.6) is 0 Å². The van der Waals surface area contributed by atoms with Gasteiger partial charge in [0, 0.05) is 37.1 Å². The highest BCUT2D eigenvalue weighted by molar-refractivity contribution is 8.13. The van der Waals surface area contributed by atoms with Crippen molar-refractivity contribution >= 4 is 69.1 Å². The molecule has 64 heavy (non-hydrogen) atoms. The third-order valence-corrected chi connectivity index (χ3v) is 13.8. The lowest BCUT2D eigenvalue weighted by molar-refractivity contribution is -0.347. The van der Waals surface area contributed by atoms with Crippen LogP contribution in [-0.2, 0) is 50.7 Å². The van der Waals surface area contributed by atoms with Gasteiger partial charge in [0.25, 0.3) is 15.6 Å². The summed E-state index contributed by atoms with van der Waals surface area (Å²) in [6, 6.07) is 0. The lowest BCUT2D eigenvalue weighted by Crippen LogP contribution is -2.46. The van der Waals surface area contributed by atoms with E-state index in [0.717, 1.165) is 54.2 Å². The first-order valence-corrected chi connectivity index (χ1v) is 26.3. The zero-order chi connectivity index (χ0) is 47.7. The van der Waals surface area contributed by atoms with E-state index >= 15 is 0 Å². The van der Waals surface area contributed by atoms with Crippen LogP contribution in [0.25, 0.3) is 11.2 Å². The smallest absolute Gasteiger partial charge is 0.274 e. The molecular formula is C36H60N7O17P3S-4. The van der Waals surface area contributed by atoms with Crippen molar-refractivity contribution in [1.29, 1.82) is 0 Å². The first-order chi connectivity index (χ1) is 29.9. The largest absolute Gasteiger partial charge is 0.790 e. The van der Waals surface area contributed by atoms with Crippen LogP contribution in [0.2, 0.25) is 0 Å². The van der Waals surface area contributed by atoms with Gasteiger partial charge in [-0.25, -0.2) is 19.3 Å². The molecule has 3 heterocycles. The van der Waals surface area contributed by atoms with E-state index in [4.69, 9.17) is 10.5 Å². The lowest BCUT2D eigenvalue weighted by atomic mass is 9.87. The molecule has 28 heteroatoms.